The Morgan fingerprint density at radius 1 is 1.26 bits per heavy atom. The topological polar surface area (TPSA) is 144 Å². The first-order valence-electron chi connectivity index (χ1n) is 12.9. The van der Waals surface area contributed by atoms with Gasteiger partial charge in [0, 0.05) is 31.7 Å². The van der Waals surface area contributed by atoms with Gasteiger partial charge in [-0.25, -0.2) is 9.59 Å². The fourth-order valence-electron chi connectivity index (χ4n) is 4.24. The Morgan fingerprint density at radius 2 is 1.97 bits per heavy atom. The number of carbonyl (C=O) groups excluding carboxylic acids is 4. The van der Waals surface area contributed by atoms with Gasteiger partial charge in [-0.15, -0.1) is 13.2 Å². The Balaban J connectivity index is 2.20. The van der Waals surface area contributed by atoms with E-state index in [-0.39, 0.29) is 32.1 Å². The molecule has 0 spiro atoms. The summed E-state index contributed by atoms with van der Waals surface area (Å²) in [5, 5.41) is 13.1. The van der Waals surface area contributed by atoms with Gasteiger partial charge in [0.25, 0.3) is 0 Å². The number of ether oxygens (including phenoxy) is 3. The molecule has 2 N–H and O–H groups in total. The first kappa shape index (κ1) is 31.2. The lowest BCUT2D eigenvalue weighted by Crippen LogP contribution is -2.54. The molecule has 1 heterocycles. The van der Waals surface area contributed by atoms with Crippen molar-refractivity contribution in [2.75, 3.05) is 26.4 Å². The summed E-state index contributed by atoms with van der Waals surface area (Å²) in [5.41, 5.74) is -2.00. The largest absolute Gasteiger partial charge is 0.464 e. The third-order valence-corrected chi connectivity index (χ3v) is 6.21. The quantitative estimate of drug-likeness (QED) is 0.158. The lowest BCUT2D eigenvalue weighted by molar-refractivity contribution is -0.150. The maximum atomic E-state index is 13.5. The van der Waals surface area contributed by atoms with Crippen LogP contribution in [0.25, 0.3) is 0 Å². The van der Waals surface area contributed by atoms with E-state index in [0.29, 0.717) is 19.4 Å². The van der Waals surface area contributed by atoms with Gasteiger partial charge in [-0.3, -0.25) is 9.59 Å². The number of hydrogen-bond donors (Lipinski definition) is 2. The molecular formula is C27H41N3O8. The molecule has 1 saturated carbocycles. The summed E-state index contributed by atoms with van der Waals surface area (Å²) in [6.45, 7) is 14.4. The van der Waals surface area contributed by atoms with Crippen molar-refractivity contribution in [1.82, 2.24) is 10.2 Å². The van der Waals surface area contributed by atoms with E-state index < -0.39 is 53.1 Å². The molecule has 11 nitrogen and oxygen atoms in total. The minimum Gasteiger partial charge on any atom is -0.464 e. The molecule has 38 heavy (non-hydrogen) atoms. The Morgan fingerprint density at radius 3 is 2.55 bits per heavy atom. The predicted octanol–water partition coefficient (Wildman–Crippen LogP) is 2.18. The van der Waals surface area contributed by atoms with Crippen LogP contribution in [-0.4, -0.2) is 89.7 Å². The molecule has 1 unspecified atom stereocenters. The second kappa shape index (κ2) is 13.7. The minimum absolute atomic E-state index is 0.00858. The van der Waals surface area contributed by atoms with Gasteiger partial charge in [0.15, 0.2) is 0 Å². The molecule has 0 aromatic rings. The van der Waals surface area contributed by atoms with E-state index in [4.69, 9.17) is 14.2 Å². The highest BCUT2D eigenvalue weighted by Gasteiger charge is 2.62. The number of unbranched alkanes of at least 4 members (excludes halogenated alkanes) is 1. The van der Waals surface area contributed by atoms with Crippen LogP contribution in [0.3, 0.4) is 0 Å². The lowest BCUT2D eigenvalue weighted by atomic mass is 10.1. The number of likely N-dealkylation sites (tertiary alicyclic amines) is 1. The molecule has 212 valence electrons. The average Bonchev–Trinajstić information content (AvgIpc) is 3.41. The van der Waals surface area contributed by atoms with Crippen molar-refractivity contribution >= 4 is 30.1 Å². The minimum atomic E-state index is -1.23. The third kappa shape index (κ3) is 8.49. The van der Waals surface area contributed by atoms with Crippen LogP contribution in [-0.2, 0) is 28.6 Å². The van der Waals surface area contributed by atoms with Crippen LogP contribution in [0.1, 0.15) is 53.4 Å². The zero-order chi connectivity index (χ0) is 28.5. The number of allylic oxidation sites excluding steroid dienone is 1. The highest BCUT2D eigenvalue weighted by molar-refractivity contribution is 6.00. The molecule has 1 aliphatic heterocycles. The highest BCUT2D eigenvalue weighted by Crippen LogP contribution is 2.45. The number of hydrogen-bond acceptors (Lipinski definition) is 8. The van der Waals surface area contributed by atoms with Gasteiger partial charge in [-0.2, -0.15) is 4.99 Å². The summed E-state index contributed by atoms with van der Waals surface area (Å²) in [7, 11) is 0. The maximum absolute atomic E-state index is 13.5. The Kier molecular flexibility index (Phi) is 11.2. The summed E-state index contributed by atoms with van der Waals surface area (Å²) < 4.78 is 16.0. The van der Waals surface area contributed by atoms with Crippen molar-refractivity contribution in [2.45, 2.75) is 76.7 Å². The second-order valence-corrected chi connectivity index (χ2v) is 10.5. The van der Waals surface area contributed by atoms with Crippen LogP contribution < -0.4 is 5.32 Å². The summed E-state index contributed by atoms with van der Waals surface area (Å²) in [5.74, 6) is -2.99. The van der Waals surface area contributed by atoms with E-state index in [9.17, 15) is 24.3 Å². The highest BCUT2D eigenvalue weighted by atomic mass is 16.6. The standard InChI is InChI=1S/C27H41N3O8/c1-7-10-11-12-36-17-18(15-28-25(35)38-26(4,5)6)23(33)30-16-20(31)13-21(30)22(32)29-27(14-19(27)8-2)24(34)37-9-3/h7-8,15,18-21,31H,1-2,9-14,16-17H2,3-6H3,(H,29,32)/t18?,19-,20-,21+,27-/m1/s1. The van der Waals surface area contributed by atoms with Crippen molar-refractivity contribution in [3.8, 4) is 0 Å². The molecule has 2 aliphatic rings. The Labute approximate surface area is 224 Å². The number of esters is 1. The molecule has 1 aliphatic carbocycles. The maximum Gasteiger partial charge on any atom is 0.433 e. The summed E-state index contributed by atoms with van der Waals surface area (Å²) >= 11 is 0. The fraction of sp³-hybridized carbons (Fsp3) is 0.667. The number of nitrogens with zero attached hydrogens (tertiary/aromatic N) is 2. The number of nitrogens with one attached hydrogen (secondary N) is 1. The number of rotatable bonds is 13. The zero-order valence-corrected chi connectivity index (χ0v) is 22.8. The normalized spacial score (nSPS) is 25.5. The number of carbonyl (C=O) groups is 4. The van der Waals surface area contributed by atoms with E-state index in [1.165, 1.54) is 4.90 Å². The van der Waals surface area contributed by atoms with E-state index in [2.05, 4.69) is 23.5 Å². The van der Waals surface area contributed by atoms with Crippen molar-refractivity contribution in [1.29, 1.82) is 0 Å². The van der Waals surface area contributed by atoms with Crippen LogP contribution in [0, 0.1) is 11.8 Å². The van der Waals surface area contributed by atoms with Crippen LogP contribution in [0.5, 0.6) is 0 Å². The molecule has 11 heteroatoms. The average molecular weight is 536 g/mol. The number of amides is 3. The van der Waals surface area contributed by atoms with Gasteiger partial charge in [0.1, 0.15) is 17.2 Å². The molecule has 0 aromatic heterocycles. The zero-order valence-electron chi connectivity index (χ0n) is 22.8. The van der Waals surface area contributed by atoms with Crippen LogP contribution >= 0.6 is 0 Å². The van der Waals surface area contributed by atoms with Crippen molar-refractivity contribution in [3.05, 3.63) is 25.3 Å². The number of β-amino-alcohol motifs (C(OH)–C–C–N with tert-alkyl or cyclic N) is 1. The van der Waals surface area contributed by atoms with Gasteiger partial charge in [-0.05, 0) is 47.0 Å². The molecule has 0 radical (unpaired) electrons. The molecule has 3 amide bonds. The first-order valence-corrected chi connectivity index (χ1v) is 12.9. The summed E-state index contributed by atoms with van der Waals surface area (Å²) in [6, 6.07) is -1.03. The van der Waals surface area contributed by atoms with E-state index in [1.54, 1.807) is 39.8 Å². The van der Waals surface area contributed by atoms with Gasteiger partial charge in [-0.1, -0.05) is 12.2 Å². The third-order valence-electron chi connectivity index (χ3n) is 6.21. The van der Waals surface area contributed by atoms with Crippen molar-refractivity contribution < 1.29 is 38.5 Å². The number of aliphatic hydroxyl groups excluding tert-OH is 1. The van der Waals surface area contributed by atoms with Gasteiger partial charge in [0.2, 0.25) is 11.8 Å². The van der Waals surface area contributed by atoms with Gasteiger partial charge >= 0.3 is 12.1 Å². The summed E-state index contributed by atoms with van der Waals surface area (Å²) in [6.07, 6.45) is 4.44. The molecule has 1 saturated heterocycles. The molecule has 2 fully saturated rings. The second-order valence-electron chi connectivity index (χ2n) is 10.5. The predicted molar refractivity (Wildman–Crippen MR) is 140 cm³/mol. The molecule has 2 rings (SSSR count). The van der Waals surface area contributed by atoms with Crippen molar-refractivity contribution in [3.63, 3.8) is 0 Å². The van der Waals surface area contributed by atoms with E-state index in [1.807, 2.05) is 0 Å². The molecule has 0 bridgehead atoms. The fourth-order valence-corrected chi connectivity index (χ4v) is 4.24. The monoisotopic (exact) mass is 535 g/mol. The van der Waals surface area contributed by atoms with Gasteiger partial charge < -0.3 is 29.5 Å². The van der Waals surface area contributed by atoms with Crippen LogP contribution in [0.2, 0.25) is 0 Å². The molecule has 5 atom stereocenters. The lowest BCUT2D eigenvalue weighted by Gasteiger charge is -2.28. The summed E-state index contributed by atoms with van der Waals surface area (Å²) in [4.78, 5) is 56.6. The first-order chi connectivity index (χ1) is 17.9. The van der Waals surface area contributed by atoms with Crippen LogP contribution in [0.15, 0.2) is 30.3 Å². The van der Waals surface area contributed by atoms with Gasteiger partial charge in [0.05, 0.1) is 25.2 Å². The van der Waals surface area contributed by atoms with Crippen LogP contribution in [0.4, 0.5) is 4.79 Å². The molecular weight excluding hydrogens is 494 g/mol. The molecule has 0 aromatic carbocycles. The number of aliphatic imine (C=N–C) groups is 1. The SMILES string of the molecule is C=CCCCOCC(C=NC(=O)OC(C)(C)C)C(=O)N1C[C@H](O)C[C@H]1C(=O)N[C@]1(C(=O)OCC)C[C@H]1C=C. The van der Waals surface area contributed by atoms with E-state index in [0.717, 1.165) is 12.6 Å². The Hall–Kier alpha value is -3.05. The van der Waals surface area contributed by atoms with Crippen molar-refractivity contribution in [2.24, 2.45) is 16.8 Å². The smallest absolute Gasteiger partial charge is 0.433 e. The number of aliphatic hydroxyl groups is 1. The Bertz CT molecular complexity index is 928. The van der Waals surface area contributed by atoms with E-state index >= 15 is 0 Å².